The number of nitrogens with one attached hydrogen (secondary N) is 1. The molecule has 0 aromatic carbocycles. The molecule has 1 unspecified atom stereocenters. The van der Waals surface area contributed by atoms with Gasteiger partial charge in [-0.1, -0.05) is 13.8 Å². The van der Waals surface area contributed by atoms with Gasteiger partial charge in [-0.05, 0) is 49.9 Å². The van der Waals surface area contributed by atoms with Crippen molar-refractivity contribution >= 4 is 11.8 Å². The molecule has 4 heterocycles. The van der Waals surface area contributed by atoms with Gasteiger partial charge >= 0.3 is 5.97 Å². The summed E-state index contributed by atoms with van der Waals surface area (Å²) in [5.41, 5.74) is 1.15. The van der Waals surface area contributed by atoms with Crippen molar-refractivity contribution in [3.63, 3.8) is 0 Å². The van der Waals surface area contributed by atoms with Gasteiger partial charge in [0.25, 0.3) is 0 Å². The summed E-state index contributed by atoms with van der Waals surface area (Å²) >= 11 is 0. The molecule has 0 aliphatic carbocycles. The second-order valence-corrected chi connectivity index (χ2v) is 6.51. The molecule has 2 bridgehead atoms. The summed E-state index contributed by atoms with van der Waals surface area (Å²) in [6.07, 6.45) is 2.46. The van der Waals surface area contributed by atoms with Gasteiger partial charge in [-0.3, -0.25) is 0 Å². The van der Waals surface area contributed by atoms with Crippen LogP contribution in [0.15, 0.2) is 12.1 Å². The SMILES string of the molecule is CC(C)c1cc(C(=O)O)cc(NC2CN3CCC2CC3)n1. The highest BCUT2D eigenvalue weighted by molar-refractivity contribution is 5.88. The minimum atomic E-state index is -0.892. The van der Waals surface area contributed by atoms with Gasteiger partial charge in [0, 0.05) is 18.3 Å². The van der Waals surface area contributed by atoms with Gasteiger partial charge in [-0.15, -0.1) is 0 Å². The number of hydrogen-bond donors (Lipinski definition) is 2. The Balaban J connectivity index is 1.82. The Morgan fingerprint density at radius 3 is 2.62 bits per heavy atom. The molecule has 5 nitrogen and oxygen atoms in total. The number of carboxylic acids is 1. The molecule has 2 N–H and O–H groups in total. The zero-order valence-electron chi connectivity index (χ0n) is 12.7. The smallest absolute Gasteiger partial charge is 0.335 e. The van der Waals surface area contributed by atoms with Crippen molar-refractivity contribution in [2.75, 3.05) is 25.0 Å². The van der Waals surface area contributed by atoms with Gasteiger partial charge in [0.05, 0.1) is 5.56 Å². The quantitative estimate of drug-likeness (QED) is 0.891. The number of aromatic nitrogens is 1. The van der Waals surface area contributed by atoms with Crippen molar-refractivity contribution in [1.82, 2.24) is 9.88 Å². The average Bonchev–Trinajstić information content (AvgIpc) is 2.48. The zero-order chi connectivity index (χ0) is 15.0. The van der Waals surface area contributed by atoms with Crippen molar-refractivity contribution < 1.29 is 9.90 Å². The number of piperidine rings is 3. The normalized spacial score (nSPS) is 27.9. The Kier molecular flexibility index (Phi) is 3.85. The lowest BCUT2D eigenvalue weighted by molar-refractivity contribution is 0.0696. The van der Waals surface area contributed by atoms with Gasteiger partial charge in [-0.2, -0.15) is 0 Å². The molecule has 4 rings (SSSR count). The molecule has 21 heavy (non-hydrogen) atoms. The standard InChI is InChI=1S/C16H23N3O2/c1-10(2)13-7-12(16(20)21)8-15(17-13)18-14-9-19-5-3-11(14)4-6-19/h7-8,10-11,14H,3-6,9H2,1-2H3,(H,17,18)(H,20,21). The molecule has 1 atom stereocenters. The molecule has 3 saturated heterocycles. The number of anilines is 1. The number of carboxylic acid groups (broad SMARTS) is 1. The Bertz CT molecular complexity index is 536. The molecule has 3 aliphatic heterocycles. The molecule has 0 amide bonds. The minimum Gasteiger partial charge on any atom is -0.478 e. The molecule has 5 heteroatoms. The molecular formula is C16H23N3O2. The molecule has 114 valence electrons. The number of fused-ring (bicyclic) bond motifs is 3. The molecular weight excluding hydrogens is 266 g/mol. The summed E-state index contributed by atoms with van der Waals surface area (Å²) in [6.45, 7) is 7.50. The van der Waals surface area contributed by atoms with E-state index in [2.05, 4.69) is 15.2 Å². The highest BCUT2D eigenvalue weighted by atomic mass is 16.4. The van der Waals surface area contributed by atoms with E-state index in [1.807, 2.05) is 13.8 Å². The van der Waals surface area contributed by atoms with Crippen LogP contribution < -0.4 is 5.32 Å². The van der Waals surface area contributed by atoms with Gasteiger partial charge in [0.2, 0.25) is 0 Å². The van der Waals surface area contributed by atoms with Crippen LogP contribution in [0.3, 0.4) is 0 Å². The third-order valence-electron chi connectivity index (χ3n) is 4.67. The van der Waals surface area contributed by atoms with Crippen molar-refractivity contribution in [1.29, 1.82) is 0 Å². The van der Waals surface area contributed by atoms with Crippen LogP contribution in [0.2, 0.25) is 0 Å². The van der Waals surface area contributed by atoms with Crippen molar-refractivity contribution in [2.45, 2.75) is 38.6 Å². The van der Waals surface area contributed by atoms with E-state index in [0.29, 0.717) is 23.3 Å². The fraction of sp³-hybridized carbons (Fsp3) is 0.625. The van der Waals surface area contributed by atoms with E-state index in [4.69, 9.17) is 0 Å². The molecule has 1 aromatic heterocycles. The fourth-order valence-electron chi connectivity index (χ4n) is 3.36. The Labute approximate surface area is 125 Å². The van der Waals surface area contributed by atoms with E-state index in [-0.39, 0.29) is 5.92 Å². The maximum atomic E-state index is 11.3. The molecule has 3 aliphatic rings. The third-order valence-corrected chi connectivity index (χ3v) is 4.67. The monoisotopic (exact) mass is 289 g/mol. The van der Waals surface area contributed by atoms with E-state index in [0.717, 1.165) is 12.2 Å². The van der Waals surface area contributed by atoms with E-state index in [1.165, 1.54) is 25.9 Å². The van der Waals surface area contributed by atoms with Crippen LogP contribution in [0.4, 0.5) is 5.82 Å². The third kappa shape index (κ3) is 3.02. The number of carbonyl (C=O) groups is 1. The maximum Gasteiger partial charge on any atom is 0.335 e. The first-order valence-electron chi connectivity index (χ1n) is 7.77. The Hall–Kier alpha value is -1.62. The lowest BCUT2D eigenvalue weighted by atomic mass is 9.84. The van der Waals surface area contributed by atoms with E-state index in [1.54, 1.807) is 12.1 Å². The van der Waals surface area contributed by atoms with E-state index in [9.17, 15) is 9.90 Å². The number of nitrogens with zero attached hydrogens (tertiary/aromatic N) is 2. The predicted molar refractivity (Wildman–Crippen MR) is 81.9 cm³/mol. The van der Waals surface area contributed by atoms with Crippen molar-refractivity contribution in [2.24, 2.45) is 5.92 Å². The summed E-state index contributed by atoms with van der Waals surface area (Å²) in [4.78, 5) is 18.4. The summed E-state index contributed by atoms with van der Waals surface area (Å²) in [7, 11) is 0. The number of rotatable bonds is 4. The molecule has 0 spiro atoms. The second kappa shape index (κ2) is 5.64. The lowest BCUT2D eigenvalue weighted by Gasteiger charge is -2.45. The predicted octanol–water partition coefficient (Wildman–Crippen LogP) is 2.41. The van der Waals surface area contributed by atoms with Crippen LogP contribution >= 0.6 is 0 Å². The van der Waals surface area contributed by atoms with E-state index >= 15 is 0 Å². The summed E-state index contributed by atoms with van der Waals surface area (Å²) in [6, 6.07) is 3.73. The summed E-state index contributed by atoms with van der Waals surface area (Å²) in [5, 5.41) is 12.7. The number of hydrogen-bond acceptors (Lipinski definition) is 4. The second-order valence-electron chi connectivity index (χ2n) is 6.51. The van der Waals surface area contributed by atoms with Crippen molar-refractivity contribution in [3.8, 4) is 0 Å². The lowest BCUT2D eigenvalue weighted by Crippen LogP contribution is -2.53. The molecule has 0 saturated carbocycles. The minimum absolute atomic E-state index is 0.219. The van der Waals surface area contributed by atoms with E-state index < -0.39 is 5.97 Å². The highest BCUT2D eigenvalue weighted by Crippen LogP contribution is 2.30. The van der Waals surface area contributed by atoms with Crippen LogP contribution in [0, 0.1) is 5.92 Å². The topological polar surface area (TPSA) is 65.5 Å². The van der Waals surface area contributed by atoms with Crippen LogP contribution in [-0.4, -0.2) is 46.6 Å². The highest BCUT2D eigenvalue weighted by Gasteiger charge is 2.34. The van der Waals surface area contributed by atoms with Crippen molar-refractivity contribution in [3.05, 3.63) is 23.4 Å². The Morgan fingerprint density at radius 2 is 2.10 bits per heavy atom. The first-order valence-corrected chi connectivity index (χ1v) is 7.77. The molecule has 3 fully saturated rings. The molecule has 0 radical (unpaired) electrons. The zero-order valence-corrected chi connectivity index (χ0v) is 12.7. The van der Waals surface area contributed by atoms with Crippen LogP contribution in [0.1, 0.15) is 48.7 Å². The van der Waals surface area contributed by atoms with Gasteiger partial charge in [-0.25, -0.2) is 9.78 Å². The first kappa shape index (κ1) is 14.3. The Morgan fingerprint density at radius 1 is 1.38 bits per heavy atom. The fourth-order valence-corrected chi connectivity index (χ4v) is 3.36. The summed E-state index contributed by atoms with van der Waals surface area (Å²) in [5.74, 6) is 0.720. The van der Waals surface area contributed by atoms with Crippen LogP contribution in [0.5, 0.6) is 0 Å². The average molecular weight is 289 g/mol. The number of aromatic carboxylic acids is 1. The van der Waals surface area contributed by atoms with Crippen LogP contribution in [-0.2, 0) is 0 Å². The first-order chi connectivity index (χ1) is 10.0. The van der Waals surface area contributed by atoms with Gasteiger partial charge in [0.15, 0.2) is 0 Å². The van der Waals surface area contributed by atoms with Gasteiger partial charge in [0.1, 0.15) is 5.82 Å². The maximum absolute atomic E-state index is 11.3. The van der Waals surface area contributed by atoms with Gasteiger partial charge < -0.3 is 15.3 Å². The van der Waals surface area contributed by atoms with Crippen LogP contribution in [0.25, 0.3) is 0 Å². The summed E-state index contributed by atoms with van der Waals surface area (Å²) < 4.78 is 0. The molecule has 1 aromatic rings. The number of pyridine rings is 1. The largest absolute Gasteiger partial charge is 0.478 e.